The average molecular weight is 300 g/mol. The molecule has 0 saturated heterocycles. The minimum Gasteiger partial charge on any atom is -0.325 e. The van der Waals surface area contributed by atoms with Crippen LogP contribution in [0, 0.1) is 34.8 Å². The van der Waals surface area contributed by atoms with Gasteiger partial charge in [0.25, 0.3) is 5.69 Å². The predicted molar refractivity (Wildman–Crippen MR) is 84.5 cm³/mol. The van der Waals surface area contributed by atoms with Gasteiger partial charge in [0.05, 0.1) is 10.6 Å². The molecule has 5 heteroatoms. The molecule has 0 spiro atoms. The third kappa shape index (κ3) is 2.89. The molecule has 0 heterocycles. The Kier molecular flexibility index (Phi) is 3.96. The molecule has 3 rings (SSSR count). The summed E-state index contributed by atoms with van der Waals surface area (Å²) < 4.78 is 0. The number of carbonyl (C=O) groups is 1. The van der Waals surface area contributed by atoms with Crippen LogP contribution in [0.5, 0.6) is 0 Å². The number of fused-ring (bicyclic) bond motifs is 1. The van der Waals surface area contributed by atoms with Crippen LogP contribution >= 0.6 is 0 Å². The van der Waals surface area contributed by atoms with Crippen LogP contribution in [0.2, 0.25) is 0 Å². The largest absolute Gasteiger partial charge is 0.325 e. The van der Waals surface area contributed by atoms with Gasteiger partial charge in [0.15, 0.2) is 0 Å². The summed E-state index contributed by atoms with van der Waals surface area (Å²) in [4.78, 5) is 22.9. The van der Waals surface area contributed by atoms with E-state index in [-0.39, 0.29) is 17.5 Å². The van der Waals surface area contributed by atoms with E-state index in [2.05, 4.69) is 17.5 Å². The van der Waals surface area contributed by atoms with Crippen molar-refractivity contribution in [1.29, 1.82) is 0 Å². The summed E-state index contributed by atoms with van der Waals surface area (Å²) in [5.41, 5.74) is 1.40. The predicted octanol–water partition coefficient (Wildman–Crippen LogP) is 3.83. The second-order valence-electron chi connectivity index (χ2n) is 6.23. The molecule has 0 aromatic heterocycles. The number of nitro groups is 1. The van der Waals surface area contributed by atoms with Crippen LogP contribution in [-0.2, 0) is 4.79 Å². The zero-order valence-electron chi connectivity index (χ0n) is 12.6. The van der Waals surface area contributed by atoms with Crippen molar-refractivity contribution in [1.82, 2.24) is 0 Å². The van der Waals surface area contributed by atoms with Crippen LogP contribution in [0.3, 0.4) is 0 Å². The minimum absolute atomic E-state index is 0.00640. The first-order valence-electron chi connectivity index (χ1n) is 7.79. The lowest BCUT2D eigenvalue weighted by molar-refractivity contribution is -0.384. The van der Waals surface area contributed by atoms with E-state index in [9.17, 15) is 14.9 Å². The molecule has 5 nitrogen and oxygen atoms in total. The summed E-state index contributed by atoms with van der Waals surface area (Å²) in [5, 5.41) is 13.8. The molecule has 1 saturated carbocycles. The standard InChI is InChI=1S/C17H20N2O3/c1-11-8-9-12(19(21)22)10-15(11)18-17(20)16-13-6-4-2-3-5-7-14(13)16/h2-3,8-10,13-14,16H,4-7H2,1H3,(H,18,20)/t13-,14-/m0/s1. The van der Waals surface area contributed by atoms with Gasteiger partial charge >= 0.3 is 0 Å². The Morgan fingerprint density at radius 1 is 1.23 bits per heavy atom. The van der Waals surface area contributed by atoms with Crippen molar-refractivity contribution in [2.24, 2.45) is 17.8 Å². The number of benzene rings is 1. The van der Waals surface area contributed by atoms with E-state index in [1.165, 1.54) is 12.1 Å². The lowest BCUT2D eigenvalue weighted by Crippen LogP contribution is -2.16. The smallest absolute Gasteiger partial charge is 0.271 e. The maximum absolute atomic E-state index is 12.5. The van der Waals surface area contributed by atoms with Gasteiger partial charge in [-0.1, -0.05) is 18.2 Å². The summed E-state index contributed by atoms with van der Waals surface area (Å²) in [7, 11) is 0. The summed E-state index contributed by atoms with van der Waals surface area (Å²) in [5.74, 6) is 1.03. The molecule has 22 heavy (non-hydrogen) atoms. The van der Waals surface area contributed by atoms with E-state index in [1.807, 2.05) is 6.92 Å². The maximum atomic E-state index is 12.5. The normalized spacial score (nSPS) is 26.5. The maximum Gasteiger partial charge on any atom is 0.271 e. The number of hydrogen-bond donors (Lipinski definition) is 1. The molecule has 2 atom stereocenters. The fourth-order valence-corrected chi connectivity index (χ4v) is 3.51. The van der Waals surface area contributed by atoms with Crippen molar-refractivity contribution in [2.45, 2.75) is 32.6 Å². The van der Waals surface area contributed by atoms with Crippen molar-refractivity contribution < 1.29 is 9.72 Å². The number of nitro benzene ring substituents is 1. The number of non-ortho nitro benzene ring substituents is 1. The van der Waals surface area contributed by atoms with Crippen LogP contribution in [0.1, 0.15) is 31.2 Å². The Bertz CT molecular complexity index is 623. The molecule has 1 N–H and O–H groups in total. The number of hydrogen-bond acceptors (Lipinski definition) is 3. The highest BCUT2D eigenvalue weighted by atomic mass is 16.6. The van der Waals surface area contributed by atoms with E-state index in [4.69, 9.17) is 0 Å². The van der Waals surface area contributed by atoms with Crippen LogP contribution in [0.4, 0.5) is 11.4 Å². The van der Waals surface area contributed by atoms with Crippen molar-refractivity contribution in [2.75, 3.05) is 5.32 Å². The van der Waals surface area contributed by atoms with Crippen LogP contribution < -0.4 is 5.32 Å². The fourth-order valence-electron chi connectivity index (χ4n) is 3.51. The first kappa shape index (κ1) is 14.8. The summed E-state index contributed by atoms with van der Waals surface area (Å²) in [6.45, 7) is 1.85. The molecule has 1 aromatic carbocycles. The quantitative estimate of drug-likeness (QED) is 0.524. The highest BCUT2D eigenvalue weighted by molar-refractivity contribution is 5.95. The number of allylic oxidation sites excluding steroid dienone is 2. The second kappa shape index (κ2) is 5.91. The molecule has 0 bridgehead atoms. The van der Waals surface area contributed by atoms with Crippen molar-refractivity contribution in [3.8, 4) is 0 Å². The fraction of sp³-hybridized carbons (Fsp3) is 0.471. The van der Waals surface area contributed by atoms with Crippen LogP contribution in [0.25, 0.3) is 0 Å². The Hall–Kier alpha value is -2.17. The lowest BCUT2D eigenvalue weighted by Gasteiger charge is -2.08. The molecule has 2 aliphatic carbocycles. The van der Waals surface area contributed by atoms with Crippen molar-refractivity contribution >= 4 is 17.3 Å². The Balaban J connectivity index is 1.70. The van der Waals surface area contributed by atoms with Gasteiger partial charge in [-0.25, -0.2) is 0 Å². The zero-order valence-corrected chi connectivity index (χ0v) is 12.6. The van der Waals surface area contributed by atoms with Gasteiger partial charge in [0, 0.05) is 18.1 Å². The first-order valence-corrected chi connectivity index (χ1v) is 7.79. The summed E-state index contributed by atoms with van der Waals surface area (Å²) >= 11 is 0. The van der Waals surface area contributed by atoms with E-state index in [0.717, 1.165) is 31.2 Å². The molecule has 2 aliphatic rings. The van der Waals surface area contributed by atoms with E-state index < -0.39 is 4.92 Å². The van der Waals surface area contributed by atoms with Crippen molar-refractivity contribution in [3.05, 3.63) is 46.0 Å². The number of anilines is 1. The molecule has 116 valence electrons. The monoisotopic (exact) mass is 300 g/mol. The molecule has 1 fully saturated rings. The molecule has 0 aliphatic heterocycles. The highest BCUT2D eigenvalue weighted by Gasteiger charge is 2.53. The Labute approximate surface area is 129 Å². The number of rotatable bonds is 3. The number of carbonyl (C=O) groups excluding carboxylic acids is 1. The molecular formula is C17H20N2O3. The van der Waals surface area contributed by atoms with Crippen LogP contribution in [0.15, 0.2) is 30.4 Å². The Morgan fingerprint density at radius 2 is 1.86 bits per heavy atom. The van der Waals surface area contributed by atoms with E-state index in [1.54, 1.807) is 6.07 Å². The lowest BCUT2D eigenvalue weighted by atomic mass is 10.1. The molecule has 1 amide bonds. The molecule has 0 radical (unpaired) electrons. The topological polar surface area (TPSA) is 72.2 Å². The third-order valence-electron chi connectivity index (χ3n) is 4.82. The number of amides is 1. The highest BCUT2D eigenvalue weighted by Crippen LogP contribution is 2.53. The zero-order chi connectivity index (χ0) is 15.7. The van der Waals surface area contributed by atoms with Gasteiger partial charge in [-0.05, 0) is 50.0 Å². The summed E-state index contributed by atoms with van der Waals surface area (Å²) in [6.07, 6.45) is 8.62. The van der Waals surface area contributed by atoms with Gasteiger partial charge < -0.3 is 5.32 Å². The Morgan fingerprint density at radius 3 is 2.45 bits per heavy atom. The van der Waals surface area contributed by atoms with E-state index in [0.29, 0.717) is 17.5 Å². The molecular weight excluding hydrogens is 280 g/mol. The van der Waals surface area contributed by atoms with Gasteiger partial charge in [-0.3, -0.25) is 14.9 Å². The number of nitrogens with zero attached hydrogens (tertiary/aromatic N) is 1. The van der Waals surface area contributed by atoms with Crippen LogP contribution in [-0.4, -0.2) is 10.8 Å². The van der Waals surface area contributed by atoms with Gasteiger partial charge in [-0.15, -0.1) is 0 Å². The van der Waals surface area contributed by atoms with Gasteiger partial charge in [-0.2, -0.15) is 0 Å². The third-order valence-corrected chi connectivity index (χ3v) is 4.82. The first-order chi connectivity index (χ1) is 10.6. The minimum atomic E-state index is -0.438. The SMILES string of the molecule is Cc1ccc([N+](=O)[O-])cc1NC(=O)C1[C@H]2CCC=CCC[C@H]12. The van der Waals surface area contributed by atoms with Crippen molar-refractivity contribution in [3.63, 3.8) is 0 Å². The number of nitrogens with one attached hydrogen (secondary N) is 1. The average Bonchev–Trinajstić information content (AvgIpc) is 3.12. The van der Waals surface area contributed by atoms with Gasteiger partial charge in [0.2, 0.25) is 5.91 Å². The summed E-state index contributed by atoms with van der Waals surface area (Å²) in [6, 6.07) is 4.58. The number of aryl methyl sites for hydroxylation is 1. The van der Waals surface area contributed by atoms with E-state index >= 15 is 0 Å². The molecule has 1 aromatic rings. The second-order valence-corrected chi connectivity index (χ2v) is 6.23. The van der Waals surface area contributed by atoms with Gasteiger partial charge in [0.1, 0.15) is 0 Å². The molecule has 0 unspecified atom stereocenters.